The van der Waals surface area contributed by atoms with Crippen molar-refractivity contribution < 1.29 is 17.7 Å². The van der Waals surface area contributed by atoms with Crippen LogP contribution in [0.25, 0.3) is 10.7 Å². The predicted molar refractivity (Wildman–Crippen MR) is 123 cm³/mol. The third-order valence-electron chi connectivity index (χ3n) is 5.15. The molecule has 0 unspecified atom stereocenters. The van der Waals surface area contributed by atoms with Crippen LogP contribution in [0.15, 0.2) is 45.1 Å². The standard InChI is InChI=1S/C21H23ClN4O4S2/c22-16-10-9-15(14-18(16)32(28,29)26-11-2-1-3-12-26)23-19(27)7-4-8-20-24-21(25-30-20)17-6-5-13-31-17/h5-6,9-10,13-14H,1-4,7-8,11-12H2,(H,23,27). The van der Waals surface area contributed by atoms with Crippen LogP contribution in [-0.4, -0.2) is 41.9 Å². The van der Waals surface area contributed by atoms with Crippen LogP contribution in [0.2, 0.25) is 5.02 Å². The first-order valence-electron chi connectivity index (χ1n) is 10.4. The maximum absolute atomic E-state index is 13.0. The number of aryl methyl sites for hydroxylation is 1. The summed E-state index contributed by atoms with van der Waals surface area (Å²) in [7, 11) is -3.70. The van der Waals surface area contributed by atoms with Gasteiger partial charge in [-0.2, -0.15) is 9.29 Å². The van der Waals surface area contributed by atoms with E-state index >= 15 is 0 Å². The third-order valence-corrected chi connectivity index (χ3v) is 8.40. The Hall–Kier alpha value is -2.27. The molecule has 170 valence electrons. The number of nitrogens with one attached hydrogen (secondary N) is 1. The van der Waals surface area contributed by atoms with Gasteiger partial charge in [-0.05, 0) is 48.9 Å². The molecule has 1 saturated heterocycles. The normalized spacial score (nSPS) is 15.0. The van der Waals surface area contributed by atoms with Gasteiger partial charge in [-0.3, -0.25) is 4.79 Å². The molecule has 0 saturated carbocycles. The molecule has 1 aliphatic rings. The first-order chi connectivity index (χ1) is 15.4. The SMILES string of the molecule is O=C(CCCc1nc(-c2cccs2)no1)Nc1ccc(Cl)c(S(=O)(=O)N2CCCCC2)c1. The van der Waals surface area contributed by atoms with Crippen LogP contribution < -0.4 is 5.32 Å². The van der Waals surface area contributed by atoms with Gasteiger partial charge in [0.1, 0.15) is 4.90 Å². The number of anilines is 1. The molecule has 2 aromatic heterocycles. The summed E-state index contributed by atoms with van der Waals surface area (Å²) in [6, 6.07) is 8.35. The Morgan fingerprint density at radius 2 is 2.03 bits per heavy atom. The summed E-state index contributed by atoms with van der Waals surface area (Å²) in [4.78, 5) is 17.7. The third kappa shape index (κ3) is 5.37. The molecule has 0 radical (unpaired) electrons. The average Bonchev–Trinajstić information content (AvgIpc) is 3.48. The maximum Gasteiger partial charge on any atom is 0.244 e. The van der Waals surface area contributed by atoms with Gasteiger partial charge in [-0.25, -0.2) is 8.42 Å². The number of benzene rings is 1. The largest absolute Gasteiger partial charge is 0.339 e. The van der Waals surface area contributed by atoms with Crippen molar-refractivity contribution in [1.82, 2.24) is 14.4 Å². The molecule has 1 amide bonds. The van der Waals surface area contributed by atoms with E-state index in [1.807, 2.05) is 17.5 Å². The van der Waals surface area contributed by atoms with E-state index in [1.54, 1.807) is 6.07 Å². The summed E-state index contributed by atoms with van der Waals surface area (Å²) in [5, 5.41) is 8.79. The number of amides is 1. The van der Waals surface area contributed by atoms with E-state index in [4.69, 9.17) is 16.1 Å². The Morgan fingerprint density at radius 3 is 2.78 bits per heavy atom. The predicted octanol–water partition coefficient (Wildman–Crippen LogP) is 4.59. The van der Waals surface area contributed by atoms with Crippen LogP contribution in [0.4, 0.5) is 5.69 Å². The molecule has 8 nitrogen and oxygen atoms in total. The first-order valence-corrected chi connectivity index (χ1v) is 13.1. The van der Waals surface area contributed by atoms with Gasteiger partial charge in [0.2, 0.25) is 27.6 Å². The highest BCUT2D eigenvalue weighted by Gasteiger charge is 2.28. The molecule has 3 aromatic rings. The number of sulfonamides is 1. The molecule has 3 heterocycles. The number of halogens is 1. The van der Waals surface area contributed by atoms with Crippen molar-refractivity contribution in [3.8, 4) is 10.7 Å². The minimum absolute atomic E-state index is 0.0193. The van der Waals surface area contributed by atoms with Gasteiger partial charge in [-0.1, -0.05) is 29.2 Å². The van der Waals surface area contributed by atoms with Gasteiger partial charge in [0.05, 0.1) is 9.90 Å². The zero-order valence-corrected chi connectivity index (χ0v) is 19.7. The fraction of sp³-hybridized carbons (Fsp3) is 0.381. The number of piperidine rings is 1. The fourth-order valence-corrected chi connectivity index (χ4v) is 6.18. The summed E-state index contributed by atoms with van der Waals surface area (Å²) in [6.07, 6.45) is 3.91. The van der Waals surface area contributed by atoms with Gasteiger partial charge >= 0.3 is 0 Å². The monoisotopic (exact) mass is 494 g/mol. The summed E-state index contributed by atoms with van der Waals surface area (Å²) in [5.74, 6) is 0.789. The summed E-state index contributed by atoms with van der Waals surface area (Å²) < 4.78 is 32.6. The van der Waals surface area contributed by atoms with Crippen LogP contribution in [0, 0.1) is 0 Å². The fourth-order valence-electron chi connectivity index (χ4n) is 3.51. The number of hydrogen-bond acceptors (Lipinski definition) is 7. The number of aromatic nitrogens is 2. The van der Waals surface area contributed by atoms with Gasteiger partial charge in [0.15, 0.2) is 0 Å². The molecule has 32 heavy (non-hydrogen) atoms. The van der Waals surface area contributed by atoms with Crippen LogP contribution >= 0.6 is 22.9 Å². The molecule has 11 heteroatoms. The van der Waals surface area contributed by atoms with Gasteiger partial charge < -0.3 is 9.84 Å². The zero-order chi connectivity index (χ0) is 22.6. The smallest absolute Gasteiger partial charge is 0.244 e. The number of carbonyl (C=O) groups is 1. The second-order valence-corrected chi connectivity index (χ2v) is 10.8. The van der Waals surface area contributed by atoms with Crippen molar-refractivity contribution in [2.45, 2.75) is 43.4 Å². The molecule has 0 bridgehead atoms. The average molecular weight is 495 g/mol. The minimum Gasteiger partial charge on any atom is -0.339 e. The molecule has 1 N–H and O–H groups in total. The van der Waals surface area contributed by atoms with E-state index in [0.717, 1.165) is 24.1 Å². The number of hydrogen-bond donors (Lipinski definition) is 1. The topological polar surface area (TPSA) is 105 Å². The molecule has 0 atom stereocenters. The number of carbonyl (C=O) groups excluding carboxylic acids is 1. The lowest BCUT2D eigenvalue weighted by atomic mass is 10.2. The van der Waals surface area contributed by atoms with E-state index in [0.29, 0.717) is 43.3 Å². The van der Waals surface area contributed by atoms with Gasteiger partial charge in [0, 0.05) is 31.6 Å². The van der Waals surface area contributed by atoms with Crippen LogP contribution in [0.5, 0.6) is 0 Å². The molecule has 0 spiro atoms. The number of rotatable bonds is 8. The highest BCUT2D eigenvalue weighted by atomic mass is 35.5. The lowest BCUT2D eigenvalue weighted by Crippen LogP contribution is -2.35. The lowest BCUT2D eigenvalue weighted by Gasteiger charge is -2.26. The Morgan fingerprint density at radius 1 is 1.22 bits per heavy atom. The summed E-state index contributed by atoms with van der Waals surface area (Å²) in [6.45, 7) is 0.970. The van der Waals surface area contributed by atoms with Crippen LogP contribution in [0.1, 0.15) is 38.0 Å². The first kappa shape index (κ1) is 22.9. The van der Waals surface area contributed by atoms with Crippen molar-refractivity contribution in [3.05, 3.63) is 46.6 Å². The Bertz CT molecular complexity index is 1170. The van der Waals surface area contributed by atoms with E-state index < -0.39 is 10.0 Å². The molecule has 4 rings (SSSR count). The van der Waals surface area contributed by atoms with E-state index in [1.165, 1.54) is 27.8 Å². The Kier molecular flexibility index (Phi) is 7.24. The molecule has 1 aliphatic heterocycles. The molecule has 0 aliphatic carbocycles. The summed E-state index contributed by atoms with van der Waals surface area (Å²) >= 11 is 7.71. The molecule has 1 aromatic carbocycles. The number of thiophene rings is 1. The highest BCUT2D eigenvalue weighted by molar-refractivity contribution is 7.89. The molecular formula is C21H23ClN4O4S2. The van der Waals surface area contributed by atoms with Crippen LogP contribution in [-0.2, 0) is 21.2 Å². The highest BCUT2D eigenvalue weighted by Crippen LogP contribution is 2.29. The van der Waals surface area contributed by atoms with Crippen molar-refractivity contribution >= 4 is 44.6 Å². The second kappa shape index (κ2) is 10.1. The van der Waals surface area contributed by atoms with Crippen molar-refractivity contribution in [2.24, 2.45) is 0 Å². The van der Waals surface area contributed by atoms with Crippen molar-refractivity contribution in [3.63, 3.8) is 0 Å². The number of nitrogens with zero attached hydrogens (tertiary/aromatic N) is 3. The zero-order valence-electron chi connectivity index (χ0n) is 17.3. The van der Waals surface area contributed by atoms with Gasteiger partial charge in [0.25, 0.3) is 0 Å². The van der Waals surface area contributed by atoms with E-state index in [9.17, 15) is 13.2 Å². The van der Waals surface area contributed by atoms with Gasteiger partial charge in [-0.15, -0.1) is 11.3 Å². The van der Waals surface area contributed by atoms with Crippen molar-refractivity contribution in [2.75, 3.05) is 18.4 Å². The Labute approximate surface area is 195 Å². The lowest BCUT2D eigenvalue weighted by molar-refractivity contribution is -0.116. The maximum atomic E-state index is 13.0. The van der Waals surface area contributed by atoms with Crippen molar-refractivity contribution in [1.29, 1.82) is 0 Å². The second-order valence-electron chi connectivity index (χ2n) is 7.50. The molecule has 1 fully saturated rings. The minimum atomic E-state index is -3.70. The Balaban J connectivity index is 1.34. The van der Waals surface area contributed by atoms with E-state index in [2.05, 4.69) is 15.5 Å². The van der Waals surface area contributed by atoms with E-state index in [-0.39, 0.29) is 22.2 Å². The van der Waals surface area contributed by atoms with Crippen LogP contribution in [0.3, 0.4) is 0 Å². The quantitative estimate of drug-likeness (QED) is 0.491. The summed E-state index contributed by atoms with van der Waals surface area (Å²) in [5.41, 5.74) is 0.396. The molecular weight excluding hydrogens is 472 g/mol.